The third-order valence-corrected chi connectivity index (χ3v) is 4.23. The lowest BCUT2D eigenvalue weighted by atomic mass is 10.1. The summed E-state index contributed by atoms with van der Waals surface area (Å²) in [5.74, 6) is -0.0326. The van der Waals surface area contributed by atoms with Gasteiger partial charge in [0.15, 0.2) is 0 Å². The van der Waals surface area contributed by atoms with Gasteiger partial charge >= 0.3 is 0 Å². The Labute approximate surface area is 135 Å². The Morgan fingerprint density at radius 1 is 1.35 bits per heavy atom. The fourth-order valence-electron chi connectivity index (χ4n) is 2.96. The number of carbonyl (C=O) groups is 1. The normalized spacial score (nSPS) is 21.0. The molecule has 0 radical (unpaired) electrons. The zero-order valence-electron chi connectivity index (χ0n) is 13.6. The highest BCUT2D eigenvalue weighted by atomic mass is 16.5. The maximum atomic E-state index is 12.4. The molecule has 2 atom stereocenters. The molecule has 2 aromatic rings. The molecular weight excluding hydrogens is 294 g/mol. The Bertz CT molecular complexity index is 679. The maximum Gasteiger partial charge on any atom is 0.224 e. The molecule has 1 fully saturated rings. The third-order valence-electron chi connectivity index (χ3n) is 4.23. The lowest BCUT2D eigenvalue weighted by molar-refractivity contribution is -0.121. The second-order valence-corrected chi connectivity index (χ2v) is 5.83. The van der Waals surface area contributed by atoms with Crippen LogP contribution in [0.5, 0.6) is 0 Å². The van der Waals surface area contributed by atoms with Gasteiger partial charge in [0.1, 0.15) is 11.7 Å². The van der Waals surface area contributed by atoms with Crippen molar-refractivity contribution in [2.75, 3.05) is 19.8 Å². The highest BCUT2D eigenvalue weighted by Gasteiger charge is 2.30. The van der Waals surface area contributed by atoms with Crippen molar-refractivity contribution >= 4 is 16.9 Å². The first-order valence-electron chi connectivity index (χ1n) is 8.19. The highest BCUT2D eigenvalue weighted by molar-refractivity contribution is 5.88. The van der Waals surface area contributed by atoms with Gasteiger partial charge in [-0.25, -0.2) is 0 Å². The zero-order valence-corrected chi connectivity index (χ0v) is 13.6. The molecule has 2 heterocycles. The van der Waals surface area contributed by atoms with Gasteiger partial charge in [0.25, 0.3) is 0 Å². The fourth-order valence-corrected chi connectivity index (χ4v) is 2.96. The van der Waals surface area contributed by atoms with Crippen LogP contribution in [-0.2, 0) is 27.1 Å². The molecule has 1 aliphatic rings. The molecule has 5 heteroatoms. The number of hydrogen-bond donors (Lipinski definition) is 1. The van der Waals surface area contributed by atoms with Crippen molar-refractivity contribution in [2.45, 2.75) is 38.8 Å². The molecule has 124 valence electrons. The van der Waals surface area contributed by atoms with Crippen molar-refractivity contribution in [1.82, 2.24) is 5.32 Å². The largest absolute Gasteiger partial charge is 0.464 e. The molecule has 0 saturated carbocycles. The van der Waals surface area contributed by atoms with Crippen molar-refractivity contribution < 1.29 is 18.7 Å². The van der Waals surface area contributed by atoms with Gasteiger partial charge in [-0.05, 0) is 31.0 Å². The van der Waals surface area contributed by atoms with Crippen LogP contribution < -0.4 is 5.32 Å². The Morgan fingerprint density at radius 3 is 3.00 bits per heavy atom. The Kier molecular flexibility index (Phi) is 4.98. The fraction of sp³-hybridized carbons (Fsp3) is 0.500. The van der Waals surface area contributed by atoms with Crippen LogP contribution in [0.4, 0.5) is 0 Å². The molecule has 5 nitrogen and oxygen atoms in total. The summed E-state index contributed by atoms with van der Waals surface area (Å²) >= 11 is 0. The van der Waals surface area contributed by atoms with Gasteiger partial charge in [0, 0.05) is 17.6 Å². The first-order chi connectivity index (χ1) is 11.2. The molecule has 1 amide bonds. The van der Waals surface area contributed by atoms with E-state index in [1.54, 1.807) is 6.26 Å². The second kappa shape index (κ2) is 7.15. The molecule has 1 aliphatic heterocycles. The van der Waals surface area contributed by atoms with Gasteiger partial charge in [-0.1, -0.05) is 13.0 Å². The Morgan fingerprint density at radius 2 is 2.22 bits per heavy atom. The Hall–Kier alpha value is -1.85. The molecule has 3 rings (SSSR count). The average Bonchev–Trinajstić information content (AvgIpc) is 3.15. The molecule has 1 aromatic heterocycles. The minimum absolute atomic E-state index is 0.0326. The monoisotopic (exact) mass is 317 g/mol. The summed E-state index contributed by atoms with van der Waals surface area (Å²) in [4.78, 5) is 12.4. The van der Waals surface area contributed by atoms with E-state index in [2.05, 4.69) is 24.4 Å². The van der Waals surface area contributed by atoms with E-state index in [-0.39, 0.29) is 18.1 Å². The first kappa shape index (κ1) is 16.0. The Balaban J connectivity index is 1.68. The number of fused-ring (bicyclic) bond motifs is 1. The van der Waals surface area contributed by atoms with E-state index in [1.807, 2.05) is 13.0 Å². The number of nitrogens with one attached hydrogen (secondary N) is 1. The van der Waals surface area contributed by atoms with Gasteiger partial charge in [-0.3, -0.25) is 4.79 Å². The van der Waals surface area contributed by atoms with Crippen molar-refractivity contribution in [3.63, 3.8) is 0 Å². The van der Waals surface area contributed by atoms with Crippen LogP contribution in [-0.4, -0.2) is 37.9 Å². The van der Waals surface area contributed by atoms with Crippen LogP contribution in [0.15, 0.2) is 28.9 Å². The van der Waals surface area contributed by atoms with Gasteiger partial charge in [-0.15, -0.1) is 0 Å². The summed E-state index contributed by atoms with van der Waals surface area (Å²) in [7, 11) is 0. The minimum Gasteiger partial charge on any atom is -0.464 e. The number of furan rings is 1. The summed E-state index contributed by atoms with van der Waals surface area (Å²) < 4.78 is 16.5. The van der Waals surface area contributed by atoms with E-state index in [0.29, 0.717) is 26.2 Å². The standard InChI is InChI=1S/C18H23NO4/c1-3-12-5-6-16-14(7-12)13(9-23-16)8-18(20)19-15-10-21-11-17(15)22-4-2/h5-7,9,15,17H,3-4,8,10-11H2,1-2H3,(H,19,20)/t15-,17-/m0/s1. The number of hydrogen-bond acceptors (Lipinski definition) is 4. The summed E-state index contributed by atoms with van der Waals surface area (Å²) in [6, 6.07) is 6.04. The number of aryl methyl sites for hydroxylation is 1. The van der Waals surface area contributed by atoms with Gasteiger partial charge in [0.05, 0.1) is 31.9 Å². The zero-order chi connectivity index (χ0) is 16.2. The summed E-state index contributed by atoms with van der Waals surface area (Å²) in [5, 5.41) is 4.03. The van der Waals surface area contributed by atoms with Crippen molar-refractivity contribution in [2.24, 2.45) is 0 Å². The van der Waals surface area contributed by atoms with Crippen LogP contribution in [0.1, 0.15) is 25.0 Å². The first-order valence-corrected chi connectivity index (χ1v) is 8.19. The number of amides is 1. The molecule has 0 bridgehead atoms. The predicted octanol–water partition coefficient (Wildman–Crippen LogP) is 2.46. The van der Waals surface area contributed by atoms with Crippen LogP contribution in [0, 0.1) is 0 Å². The van der Waals surface area contributed by atoms with Crippen LogP contribution in [0.25, 0.3) is 11.0 Å². The van der Waals surface area contributed by atoms with E-state index in [4.69, 9.17) is 13.9 Å². The quantitative estimate of drug-likeness (QED) is 0.889. The van der Waals surface area contributed by atoms with Gasteiger partial charge < -0.3 is 19.2 Å². The van der Waals surface area contributed by atoms with Crippen LogP contribution in [0.3, 0.4) is 0 Å². The molecular formula is C18H23NO4. The SMILES string of the molecule is CCO[C@H]1COC[C@@H]1NC(=O)Cc1coc2ccc(CC)cc12. The number of benzene rings is 1. The van der Waals surface area contributed by atoms with E-state index in [1.165, 1.54) is 5.56 Å². The van der Waals surface area contributed by atoms with Gasteiger partial charge in [-0.2, -0.15) is 0 Å². The van der Waals surface area contributed by atoms with Crippen LogP contribution in [0.2, 0.25) is 0 Å². The molecule has 0 spiro atoms. The number of ether oxygens (including phenoxy) is 2. The molecule has 23 heavy (non-hydrogen) atoms. The van der Waals surface area contributed by atoms with E-state index in [0.717, 1.165) is 23.0 Å². The molecule has 0 unspecified atom stereocenters. The minimum atomic E-state index is -0.0770. The highest BCUT2D eigenvalue weighted by Crippen LogP contribution is 2.23. The van der Waals surface area contributed by atoms with Crippen molar-refractivity contribution in [3.8, 4) is 0 Å². The smallest absolute Gasteiger partial charge is 0.224 e. The van der Waals surface area contributed by atoms with Crippen molar-refractivity contribution in [1.29, 1.82) is 0 Å². The lowest BCUT2D eigenvalue weighted by Gasteiger charge is -2.18. The van der Waals surface area contributed by atoms with Gasteiger partial charge in [0.2, 0.25) is 5.91 Å². The molecule has 1 saturated heterocycles. The van der Waals surface area contributed by atoms with E-state index in [9.17, 15) is 4.79 Å². The molecule has 0 aliphatic carbocycles. The van der Waals surface area contributed by atoms with Crippen LogP contribution >= 0.6 is 0 Å². The summed E-state index contributed by atoms with van der Waals surface area (Å²) in [6.07, 6.45) is 2.88. The van der Waals surface area contributed by atoms with E-state index < -0.39 is 0 Å². The summed E-state index contributed by atoms with van der Waals surface area (Å²) in [6.45, 7) is 5.71. The number of rotatable bonds is 6. The van der Waals surface area contributed by atoms with E-state index >= 15 is 0 Å². The maximum absolute atomic E-state index is 12.4. The lowest BCUT2D eigenvalue weighted by Crippen LogP contribution is -2.44. The summed E-state index contributed by atoms with van der Waals surface area (Å²) in [5.41, 5.74) is 2.97. The average molecular weight is 317 g/mol. The molecule has 1 aromatic carbocycles. The third kappa shape index (κ3) is 3.57. The number of carbonyl (C=O) groups excluding carboxylic acids is 1. The topological polar surface area (TPSA) is 60.7 Å². The predicted molar refractivity (Wildman–Crippen MR) is 87.5 cm³/mol. The molecule has 1 N–H and O–H groups in total. The second-order valence-electron chi connectivity index (χ2n) is 5.83. The van der Waals surface area contributed by atoms with Crippen molar-refractivity contribution in [3.05, 3.63) is 35.6 Å².